The van der Waals surface area contributed by atoms with Crippen LogP contribution < -0.4 is 14.8 Å². The van der Waals surface area contributed by atoms with E-state index in [9.17, 15) is 4.79 Å². The molecule has 0 spiro atoms. The molecule has 1 heterocycles. The van der Waals surface area contributed by atoms with Crippen LogP contribution >= 0.6 is 11.8 Å². The number of carbonyl (C=O) groups is 1. The fourth-order valence-corrected chi connectivity index (χ4v) is 4.84. The van der Waals surface area contributed by atoms with Crippen molar-refractivity contribution in [1.82, 2.24) is 5.32 Å². The molecule has 0 fully saturated rings. The van der Waals surface area contributed by atoms with Gasteiger partial charge in [0.05, 0.1) is 18.7 Å². The van der Waals surface area contributed by atoms with Crippen LogP contribution in [0.5, 0.6) is 11.5 Å². The van der Waals surface area contributed by atoms with Gasteiger partial charge in [-0.3, -0.25) is 4.79 Å². The molecule has 0 unspecified atom stereocenters. The molecule has 1 atom stereocenters. The zero-order chi connectivity index (χ0) is 21.8. The molecule has 3 aromatic rings. The van der Waals surface area contributed by atoms with Gasteiger partial charge in [-0.05, 0) is 43.7 Å². The number of methoxy groups -OCH3 is 1. The van der Waals surface area contributed by atoms with Gasteiger partial charge in [-0.1, -0.05) is 42.5 Å². The highest BCUT2D eigenvalue weighted by Crippen LogP contribution is 2.41. The maximum absolute atomic E-state index is 13.3. The van der Waals surface area contributed by atoms with Crippen molar-refractivity contribution in [2.24, 2.45) is 0 Å². The number of hydrogen-bond acceptors (Lipinski definition) is 4. The number of ether oxygens (including phenoxy) is 2. The largest absolute Gasteiger partial charge is 0.497 e. The van der Waals surface area contributed by atoms with E-state index in [1.54, 1.807) is 18.9 Å². The average Bonchev–Trinajstić information content (AvgIpc) is 2.77. The lowest BCUT2D eigenvalue weighted by molar-refractivity contribution is 0.0616. The van der Waals surface area contributed by atoms with Crippen molar-refractivity contribution in [3.8, 4) is 11.5 Å². The predicted octanol–water partition coefficient (Wildman–Crippen LogP) is 6.02. The zero-order valence-electron chi connectivity index (χ0n) is 18.1. The maximum Gasteiger partial charge on any atom is 0.252 e. The van der Waals surface area contributed by atoms with E-state index in [4.69, 9.17) is 9.47 Å². The summed E-state index contributed by atoms with van der Waals surface area (Å²) in [5, 5.41) is 3.25. The lowest BCUT2D eigenvalue weighted by atomic mass is 9.89. The van der Waals surface area contributed by atoms with Crippen molar-refractivity contribution in [3.63, 3.8) is 0 Å². The number of amides is 1. The molecular formula is C26H27NO3S. The second-order valence-corrected chi connectivity index (χ2v) is 9.28. The van der Waals surface area contributed by atoms with E-state index in [0.717, 1.165) is 27.7 Å². The Morgan fingerprint density at radius 2 is 1.84 bits per heavy atom. The van der Waals surface area contributed by atoms with E-state index in [-0.39, 0.29) is 17.6 Å². The Morgan fingerprint density at radius 1 is 1.10 bits per heavy atom. The standard InChI is InChI=1S/C26H27NO3S/c1-26(2)16-22(20-14-13-19(29-3)15-23(20)30-26)27-25(28)21-11-7-8-12-24(21)31-17-18-9-5-4-6-10-18/h4-15,22H,16-17H2,1-3H3,(H,27,28)/t22-/m0/s1. The van der Waals surface area contributed by atoms with Crippen molar-refractivity contribution in [2.45, 2.75) is 42.6 Å². The van der Waals surface area contributed by atoms with Crippen LogP contribution in [0.1, 0.15) is 47.8 Å². The highest BCUT2D eigenvalue weighted by Gasteiger charge is 2.35. The fraction of sp³-hybridized carbons (Fsp3) is 0.269. The molecule has 0 aliphatic carbocycles. The highest BCUT2D eigenvalue weighted by atomic mass is 32.2. The molecule has 4 rings (SSSR count). The minimum absolute atomic E-state index is 0.0689. The van der Waals surface area contributed by atoms with E-state index in [1.807, 2.05) is 74.5 Å². The first kappa shape index (κ1) is 21.3. The Balaban J connectivity index is 1.55. The Kier molecular flexibility index (Phi) is 6.23. The van der Waals surface area contributed by atoms with E-state index >= 15 is 0 Å². The van der Waals surface area contributed by atoms with Crippen molar-refractivity contribution < 1.29 is 14.3 Å². The van der Waals surface area contributed by atoms with Crippen LogP contribution in [0.15, 0.2) is 77.7 Å². The van der Waals surface area contributed by atoms with Crippen molar-refractivity contribution in [1.29, 1.82) is 0 Å². The van der Waals surface area contributed by atoms with Crippen LogP contribution in [0.25, 0.3) is 0 Å². The molecule has 4 nitrogen and oxygen atoms in total. The minimum atomic E-state index is -0.390. The summed E-state index contributed by atoms with van der Waals surface area (Å²) in [6, 6.07) is 23.7. The van der Waals surface area contributed by atoms with Crippen molar-refractivity contribution in [2.75, 3.05) is 7.11 Å². The third kappa shape index (κ3) is 5.05. The molecule has 1 aliphatic heterocycles. The number of hydrogen-bond donors (Lipinski definition) is 1. The summed E-state index contributed by atoms with van der Waals surface area (Å²) >= 11 is 1.68. The van der Waals surface area contributed by atoms with E-state index < -0.39 is 0 Å². The van der Waals surface area contributed by atoms with Crippen LogP contribution in [0.3, 0.4) is 0 Å². The van der Waals surface area contributed by atoms with Crippen molar-refractivity contribution in [3.05, 3.63) is 89.5 Å². The maximum atomic E-state index is 13.3. The minimum Gasteiger partial charge on any atom is -0.497 e. The second kappa shape index (κ2) is 9.06. The molecule has 1 N–H and O–H groups in total. The normalized spacial score (nSPS) is 16.7. The van der Waals surface area contributed by atoms with Crippen LogP contribution in [-0.4, -0.2) is 18.6 Å². The summed E-state index contributed by atoms with van der Waals surface area (Å²) in [5.74, 6) is 2.25. The van der Waals surface area contributed by atoms with Crippen molar-refractivity contribution >= 4 is 17.7 Å². The average molecular weight is 434 g/mol. The molecule has 160 valence electrons. The van der Waals surface area contributed by atoms with Crippen LogP contribution in [0, 0.1) is 0 Å². The predicted molar refractivity (Wildman–Crippen MR) is 125 cm³/mol. The summed E-state index contributed by atoms with van der Waals surface area (Å²) in [7, 11) is 1.64. The molecule has 0 saturated heterocycles. The first-order valence-electron chi connectivity index (χ1n) is 10.4. The Morgan fingerprint density at radius 3 is 2.61 bits per heavy atom. The number of nitrogens with one attached hydrogen (secondary N) is 1. The number of carbonyl (C=O) groups excluding carboxylic acids is 1. The van der Waals surface area contributed by atoms with Crippen LogP contribution in [0.4, 0.5) is 0 Å². The molecule has 0 saturated carbocycles. The third-order valence-corrected chi connectivity index (χ3v) is 6.50. The van der Waals surface area contributed by atoms with Crippen LogP contribution in [0.2, 0.25) is 0 Å². The number of rotatable bonds is 6. The van der Waals surface area contributed by atoms with Gasteiger partial charge in [-0.25, -0.2) is 0 Å². The number of benzene rings is 3. The SMILES string of the molecule is COc1ccc2c(c1)OC(C)(C)C[C@@H]2NC(=O)c1ccccc1SCc1ccccc1. The highest BCUT2D eigenvalue weighted by molar-refractivity contribution is 7.98. The van der Waals surface area contributed by atoms with Gasteiger partial charge >= 0.3 is 0 Å². The van der Waals surface area contributed by atoms with Gasteiger partial charge in [-0.15, -0.1) is 11.8 Å². The summed E-state index contributed by atoms with van der Waals surface area (Å²) in [6.45, 7) is 4.08. The fourth-order valence-electron chi connectivity index (χ4n) is 3.84. The Labute approximate surface area is 188 Å². The van der Waals surface area contributed by atoms with E-state index in [2.05, 4.69) is 17.4 Å². The second-order valence-electron chi connectivity index (χ2n) is 8.27. The Hall–Kier alpha value is -2.92. The lowest BCUT2D eigenvalue weighted by Gasteiger charge is -2.38. The van der Waals surface area contributed by atoms with Crippen LogP contribution in [-0.2, 0) is 5.75 Å². The number of thioether (sulfide) groups is 1. The van der Waals surface area contributed by atoms with Gasteiger partial charge in [0.25, 0.3) is 5.91 Å². The third-order valence-electron chi connectivity index (χ3n) is 5.35. The first-order chi connectivity index (χ1) is 14.9. The summed E-state index contributed by atoms with van der Waals surface area (Å²) in [4.78, 5) is 14.3. The topological polar surface area (TPSA) is 47.6 Å². The Bertz CT molecular complexity index is 1070. The molecule has 31 heavy (non-hydrogen) atoms. The molecule has 3 aromatic carbocycles. The summed E-state index contributed by atoms with van der Waals surface area (Å²) in [5.41, 5.74) is 2.52. The van der Waals surface area contributed by atoms with Gasteiger partial charge in [0.1, 0.15) is 17.1 Å². The number of fused-ring (bicyclic) bond motifs is 1. The van der Waals surface area contributed by atoms with Gasteiger partial charge < -0.3 is 14.8 Å². The molecule has 5 heteroatoms. The quantitative estimate of drug-likeness (QED) is 0.483. The van der Waals surface area contributed by atoms with E-state index in [1.165, 1.54) is 5.56 Å². The molecule has 0 radical (unpaired) electrons. The van der Waals surface area contributed by atoms with Gasteiger partial charge in [-0.2, -0.15) is 0 Å². The lowest BCUT2D eigenvalue weighted by Crippen LogP contribution is -2.41. The van der Waals surface area contributed by atoms with Gasteiger partial charge in [0, 0.05) is 28.7 Å². The van der Waals surface area contributed by atoms with E-state index in [0.29, 0.717) is 12.0 Å². The molecule has 1 aliphatic rings. The zero-order valence-corrected chi connectivity index (χ0v) is 18.9. The van der Waals surface area contributed by atoms with Gasteiger partial charge in [0.2, 0.25) is 0 Å². The summed E-state index contributed by atoms with van der Waals surface area (Å²) < 4.78 is 11.5. The first-order valence-corrected chi connectivity index (χ1v) is 11.4. The molecular weight excluding hydrogens is 406 g/mol. The smallest absolute Gasteiger partial charge is 0.252 e. The molecule has 1 amide bonds. The monoisotopic (exact) mass is 433 g/mol. The summed E-state index contributed by atoms with van der Waals surface area (Å²) in [6.07, 6.45) is 0.692. The molecule has 0 bridgehead atoms. The van der Waals surface area contributed by atoms with Gasteiger partial charge in [0.15, 0.2) is 0 Å². The molecule has 0 aromatic heterocycles.